The molecule has 1 heterocycles. The fourth-order valence-electron chi connectivity index (χ4n) is 0.814. The third kappa shape index (κ3) is 3.58. The van der Waals surface area contributed by atoms with Crippen molar-refractivity contribution in [3.8, 4) is 0 Å². The molecule has 1 aromatic heterocycles. The van der Waals surface area contributed by atoms with Crippen LogP contribution in [0.4, 0.5) is 0 Å². The Balaban J connectivity index is 2.40. The number of nitrogens with zero attached hydrogens (tertiary/aromatic N) is 2. The molecule has 0 unspecified atom stereocenters. The molecule has 0 radical (unpaired) electrons. The molecule has 4 nitrogen and oxygen atoms in total. The van der Waals surface area contributed by atoms with Gasteiger partial charge in [0.15, 0.2) is 0 Å². The van der Waals surface area contributed by atoms with Crippen LogP contribution < -0.4 is 5.32 Å². The smallest absolute Gasteiger partial charge is 0.241 e. The van der Waals surface area contributed by atoms with Crippen LogP contribution in [0.1, 0.15) is 0 Å². The van der Waals surface area contributed by atoms with E-state index in [1.165, 1.54) is 0 Å². The normalized spacial score (nSPS) is 9.62. The van der Waals surface area contributed by atoms with E-state index in [1.54, 1.807) is 17.0 Å². The number of carbonyl (C=O) groups excluding carboxylic acids is 1. The van der Waals surface area contributed by atoms with Crippen LogP contribution in [0.2, 0.25) is 0 Å². The van der Waals surface area contributed by atoms with Crippen molar-refractivity contribution in [3.05, 3.63) is 28.6 Å². The highest BCUT2D eigenvalue weighted by atomic mass is 127. The number of carbonyl (C=O) groups is 1. The minimum absolute atomic E-state index is 0.0561. The largest absolute Gasteiger partial charge is 0.351 e. The Morgan fingerprint density at radius 1 is 1.85 bits per heavy atom. The van der Waals surface area contributed by atoms with Crippen LogP contribution in [0.25, 0.3) is 0 Å². The Hall–Kier alpha value is -0.850. The van der Waals surface area contributed by atoms with Gasteiger partial charge in [-0.3, -0.25) is 9.48 Å². The van der Waals surface area contributed by atoms with Crippen LogP contribution in [-0.4, -0.2) is 22.2 Å². The maximum Gasteiger partial charge on any atom is 0.241 e. The van der Waals surface area contributed by atoms with Crippen LogP contribution in [-0.2, 0) is 11.3 Å². The molecule has 13 heavy (non-hydrogen) atoms. The van der Waals surface area contributed by atoms with Gasteiger partial charge < -0.3 is 5.32 Å². The van der Waals surface area contributed by atoms with Crippen LogP contribution in [0, 0.1) is 3.57 Å². The molecule has 0 spiro atoms. The predicted molar refractivity (Wildman–Crippen MR) is 58.2 cm³/mol. The maximum absolute atomic E-state index is 11.2. The van der Waals surface area contributed by atoms with Gasteiger partial charge >= 0.3 is 0 Å². The van der Waals surface area contributed by atoms with Crippen molar-refractivity contribution in [1.82, 2.24) is 15.1 Å². The van der Waals surface area contributed by atoms with Crippen molar-refractivity contribution in [1.29, 1.82) is 0 Å². The van der Waals surface area contributed by atoms with E-state index in [-0.39, 0.29) is 12.5 Å². The Morgan fingerprint density at radius 3 is 3.15 bits per heavy atom. The number of hydrogen-bond acceptors (Lipinski definition) is 2. The minimum Gasteiger partial charge on any atom is -0.351 e. The lowest BCUT2D eigenvalue weighted by atomic mass is 10.5. The van der Waals surface area contributed by atoms with Gasteiger partial charge in [0, 0.05) is 12.7 Å². The summed E-state index contributed by atoms with van der Waals surface area (Å²) in [6, 6.07) is 0. The van der Waals surface area contributed by atoms with E-state index in [2.05, 4.69) is 39.6 Å². The summed E-state index contributed by atoms with van der Waals surface area (Å²) in [6.07, 6.45) is 5.17. The standard InChI is InChI=1S/C8H10IN3O/c1-2-3-10-8(13)6-12-5-7(9)4-11-12/h2,4-5H,1,3,6H2,(H,10,13). The highest BCUT2D eigenvalue weighted by Gasteiger charge is 2.01. The highest BCUT2D eigenvalue weighted by Crippen LogP contribution is 2.00. The average molecular weight is 291 g/mol. The van der Waals surface area contributed by atoms with Crippen LogP contribution >= 0.6 is 22.6 Å². The van der Waals surface area contributed by atoms with E-state index in [0.29, 0.717) is 6.54 Å². The van der Waals surface area contributed by atoms with E-state index in [4.69, 9.17) is 0 Å². The molecule has 1 rings (SSSR count). The molecule has 0 saturated carbocycles. The first-order chi connectivity index (χ1) is 6.22. The summed E-state index contributed by atoms with van der Waals surface area (Å²) in [5, 5.41) is 6.66. The van der Waals surface area contributed by atoms with Gasteiger partial charge in [-0.05, 0) is 22.6 Å². The van der Waals surface area contributed by atoms with Crippen LogP contribution in [0.3, 0.4) is 0 Å². The van der Waals surface area contributed by atoms with Gasteiger partial charge in [0.2, 0.25) is 5.91 Å². The third-order valence-corrected chi connectivity index (χ3v) is 1.91. The molecule has 70 valence electrons. The molecular weight excluding hydrogens is 281 g/mol. The Labute approximate surface area is 90.1 Å². The number of nitrogens with one attached hydrogen (secondary N) is 1. The second kappa shape index (κ2) is 5.00. The van der Waals surface area contributed by atoms with Crippen molar-refractivity contribution >= 4 is 28.5 Å². The number of amides is 1. The quantitative estimate of drug-likeness (QED) is 0.658. The van der Waals surface area contributed by atoms with E-state index in [1.807, 2.05) is 6.20 Å². The first-order valence-corrected chi connectivity index (χ1v) is 4.86. The van der Waals surface area contributed by atoms with Gasteiger partial charge in [0.05, 0.1) is 9.77 Å². The van der Waals surface area contributed by atoms with E-state index in [0.717, 1.165) is 3.57 Å². The summed E-state index contributed by atoms with van der Waals surface area (Å²) < 4.78 is 2.62. The molecule has 0 fully saturated rings. The average Bonchev–Trinajstić information content (AvgIpc) is 2.48. The molecule has 1 aromatic rings. The molecule has 1 N–H and O–H groups in total. The molecule has 5 heteroatoms. The van der Waals surface area contributed by atoms with Crippen molar-refractivity contribution in [2.75, 3.05) is 6.54 Å². The number of hydrogen-bond donors (Lipinski definition) is 1. The second-order valence-electron chi connectivity index (χ2n) is 2.45. The Bertz CT molecular complexity index is 308. The summed E-state index contributed by atoms with van der Waals surface area (Å²) >= 11 is 2.14. The second-order valence-corrected chi connectivity index (χ2v) is 3.69. The zero-order valence-corrected chi connectivity index (χ0v) is 9.19. The highest BCUT2D eigenvalue weighted by molar-refractivity contribution is 14.1. The lowest BCUT2D eigenvalue weighted by Gasteiger charge is -2.01. The Morgan fingerprint density at radius 2 is 2.62 bits per heavy atom. The predicted octanol–water partition coefficient (Wildman–Crippen LogP) is 0.790. The summed E-state index contributed by atoms with van der Waals surface area (Å²) in [5.74, 6) is -0.0561. The molecule has 0 bridgehead atoms. The van der Waals surface area contributed by atoms with Gasteiger partial charge in [-0.2, -0.15) is 5.10 Å². The molecule has 0 atom stereocenters. The molecule has 0 aliphatic heterocycles. The zero-order valence-electron chi connectivity index (χ0n) is 7.03. The van der Waals surface area contributed by atoms with Gasteiger partial charge in [-0.15, -0.1) is 6.58 Å². The molecular formula is C8H10IN3O. The molecule has 0 aliphatic carbocycles. The van der Waals surface area contributed by atoms with Crippen molar-refractivity contribution in [2.45, 2.75) is 6.54 Å². The number of rotatable bonds is 4. The lowest BCUT2D eigenvalue weighted by Crippen LogP contribution is -2.27. The van der Waals surface area contributed by atoms with Gasteiger partial charge in [0.25, 0.3) is 0 Å². The maximum atomic E-state index is 11.2. The molecule has 0 saturated heterocycles. The molecule has 0 aliphatic rings. The third-order valence-electron chi connectivity index (χ3n) is 1.35. The SMILES string of the molecule is C=CCNC(=O)Cn1cc(I)cn1. The fourth-order valence-corrected chi connectivity index (χ4v) is 1.26. The van der Waals surface area contributed by atoms with Gasteiger partial charge in [0.1, 0.15) is 6.54 Å². The van der Waals surface area contributed by atoms with Crippen molar-refractivity contribution < 1.29 is 4.79 Å². The van der Waals surface area contributed by atoms with Crippen LogP contribution in [0.15, 0.2) is 25.0 Å². The van der Waals surface area contributed by atoms with Crippen molar-refractivity contribution in [3.63, 3.8) is 0 Å². The number of aromatic nitrogens is 2. The lowest BCUT2D eigenvalue weighted by molar-refractivity contribution is -0.121. The minimum atomic E-state index is -0.0561. The first-order valence-electron chi connectivity index (χ1n) is 3.78. The van der Waals surface area contributed by atoms with E-state index in [9.17, 15) is 4.79 Å². The first kappa shape index (κ1) is 10.2. The van der Waals surface area contributed by atoms with Gasteiger partial charge in [-0.1, -0.05) is 6.08 Å². The fraction of sp³-hybridized carbons (Fsp3) is 0.250. The van der Waals surface area contributed by atoms with E-state index >= 15 is 0 Å². The van der Waals surface area contributed by atoms with Crippen molar-refractivity contribution in [2.24, 2.45) is 0 Å². The van der Waals surface area contributed by atoms with E-state index < -0.39 is 0 Å². The number of halogens is 1. The summed E-state index contributed by atoms with van der Waals surface area (Å²) in [4.78, 5) is 11.2. The zero-order chi connectivity index (χ0) is 9.68. The summed E-state index contributed by atoms with van der Waals surface area (Å²) in [5.41, 5.74) is 0. The topological polar surface area (TPSA) is 46.9 Å². The van der Waals surface area contributed by atoms with Crippen LogP contribution in [0.5, 0.6) is 0 Å². The Kier molecular flexibility index (Phi) is 3.94. The summed E-state index contributed by atoms with van der Waals surface area (Å²) in [6.45, 7) is 4.26. The monoisotopic (exact) mass is 291 g/mol. The molecule has 1 amide bonds. The van der Waals surface area contributed by atoms with Gasteiger partial charge in [-0.25, -0.2) is 0 Å². The molecule has 0 aromatic carbocycles. The summed E-state index contributed by atoms with van der Waals surface area (Å²) in [7, 11) is 0.